The van der Waals surface area contributed by atoms with Crippen molar-refractivity contribution < 1.29 is 0 Å². The molecule has 0 amide bonds. The summed E-state index contributed by atoms with van der Waals surface area (Å²) < 4.78 is 1.72. The number of nitrogens with zero attached hydrogens (tertiary/aromatic N) is 3. The van der Waals surface area contributed by atoms with E-state index in [1.165, 1.54) is 0 Å². The third kappa shape index (κ3) is 2.56. The fraction of sp³-hybridized carbons (Fsp3) is 0.692. The van der Waals surface area contributed by atoms with E-state index in [4.69, 9.17) is 5.73 Å². The van der Waals surface area contributed by atoms with E-state index in [1.54, 1.807) is 17.0 Å². The van der Waals surface area contributed by atoms with E-state index in [9.17, 15) is 4.79 Å². The molecule has 5 heteroatoms. The van der Waals surface area contributed by atoms with E-state index >= 15 is 0 Å². The highest BCUT2D eigenvalue weighted by atomic mass is 16.1. The van der Waals surface area contributed by atoms with E-state index in [2.05, 4.69) is 11.9 Å². The van der Waals surface area contributed by atoms with Crippen LogP contribution in [-0.4, -0.2) is 28.7 Å². The molecule has 0 radical (unpaired) electrons. The third-order valence-electron chi connectivity index (χ3n) is 3.40. The van der Waals surface area contributed by atoms with Crippen LogP contribution in [0.15, 0.2) is 17.2 Å². The summed E-state index contributed by atoms with van der Waals surface area (Å²) in [6.45, 7) is 7.73. The molecule has 1 saturated heterocycles. The molecule has 0 bridgehead atoms. The van der Waals surface area contributed by atoms with E-state index < -0.39 is 0 Å². The molecule has 1 aliphatic rings. The van der Waals surface area contributed by atoms with Gasteiger partial charge in [0.1, 0.15) is 0 Å². The molecule has 1 aromatic rings. The highest BCUT2D eigenvalue weighted by Crippen LogP contribution is 2.18. The van der Waals surface area contributed by atoms with Crippen LogP contribution in [0.5, 0.6) is 0 Å². The van der Waals surface area contributed by atoms with Gasteiger partial charge in [-0.05, 0) is 26.2 Å². The number of anilines is 1. The fourth-order valence-electron chi connectivity index (χ4n) is 2.61. The van der Waals surface area contributed by atoms with E-state index in [-0.39, 0.29) is 17.6 Å². The number of aromatic nitrogens is 2. The molecule has 0 aliphatic carbocycles. The number of piperidine rings is 1. The normalized spacial score (nSPS) is 24.6. The van der Waals surface area contributed by atoms with Gasteiger partial charge in [-0.1, -0.05) is 6.92 Å². The molecular weight excluding hydrogens is 228 g/mol. The van der Waals surface area contributed by atoms with Crippen LogP contribution in [-0.2, 0) is 0 Å². The Balaban J connectivity index is 2.33. The minimum absolute atomic E-state index is 0.0196. The topological polar surface area (TPSA) is 64.2 Å². The van der Waals surface area contributed by atoms with Crippen molar-refractivity contribution in [1.29, 1.82) is 0 Å². The van der Waals surface area contributed by atoms with Crippen molar-refractivity contribution in [2.24, 2.45) is 11.7 Å². The van der Waals surface area contributed by atoms with Gasteiger partial charge in [-0.3, -0.25) is 4.79 Å². The van der Waals surface area contributed by atoms with Crippen LogP contribution in [0.25, 0.3) is 0 Å². The Morgan fingerprint density at radius 3 is 2.78 bits per heavy atom. The lowest BCUT2D eigenvalue weighted by molar-refractivity contribution is 0.398. The Kier molecular flexibility index (Phi) is 3.71. The van der Waals surface area contributed by atoms with Crippen molar-refractivity contribution >= 4 is 5.82 Å². The van der Waals surface area contributed by atoms with Gasteiger partial charge in [-0.25, -0.2) is 4.98 Å². The van der Waals surface area contributed by atoms with Crippen molar-refractivity contribution in [3.8, 4) is 0 Å². The maximum atomic E-state index is 12.3. The highest BCUT2D eigenvalue weighted by Gasteiger charge is 2.25. The molecule has 2 heterocycles. The number of hydrogen-bond acceptors (Lipinski definition) is 4. The second-order valence-electron chi connectivity index (χ2n) is 5.56. The number of rotatable bonds is 2. The van der Waals surface area contributed by atoms with Gasteiger partial charge in [0.25, 0.3) is 5.56 Å². The van der Waals surface area contributed by atoms with Crippen LogP contribution in [0.1, 0.15) is 33.2 Å². The second-order valence-corrected chi connectivity index (χ2v) is 5.56. The van der Waals surface area contributed by atoms with Gasteiger partial charge in [0.05, 0.1) is 0 Å². The zero-order chi connectivity index (χ0) is 13.3. The smallest absolute Gasteiger partial charge is 0.293 e. The molecule has 1 aliphatic heterocycles. The summed E-state index contributed by atoms with van der Waals surface area (Å²) in [5, 5.41) is 0. The predicted molar refractivity (Wildman–Crippen MR) is 72.9 cm³/mol. The molecule has 1 aromatic heterocycles. The lowest BCUT2D eigenvalue weighted by Crippen LogP contribution is -2.48. The maximum Gasteiger partial charge on any atom is 0.293 e. The molecule has 2 atom stereocenters. The van der Waals surface area contributed by atoms with Gasteiger partial charge in [-0.2, -0.15) is 0 Å². The first-order valence-electron chi connectivity index (χ1n) is 6.56. The molecule has 100 valence electrons. The van der Waals surface area contributed by atoms with Crippen molar-refractivity contribution in [3.05, 3.63) is 22.7 Å². The SMILES string of the molecule is CC1CC(N)CN(c2nccn(C(C)C)c2=O)C1. The van der Waals surface area contributed by atoms with Crippen LogP contribution in [0, 0.1) is 5.92 Å². The Hall–Kier alpha value is -1.36. The summed E-state index contributed by atoms with van der Waals surface area (Å²) in [4.78, 5) is 18.6. The number of nitrogens with two attached hydrogens (primary N) is 1. The molecule has 1 fully saturated rings. The zero-order valence-corrected chi connectivity index (χ0v) is 11.3. The lowest BCUT2D eigenvalue weighted by atomic mass is 9.97. The largest absolute Gasteiger partial charge is 0.350 e. The van der Waals surface area contributed by atoms with Crippen LogP contribution in [0.3, 0.4) is 0 Å². The van der Waals surface area contributed by atoms with E-state index in [0.29, 0.717) is 18.3 Å². The summed E-state index contributed by atoms with van der Waals surface area (Å²) in [5.74, 6) is 1.04. The summed E-state index contributed by atoms with van der Waals surface area (Å²) in [6.07, 6.45) is 4.45. The molecule has 0 spiro atoms. The van der Waals surface area contributed by atoms with Crippen molar-refractivity contribution in [2.45, 2.75) is 39.3 Å². The molecule has 2 N–H and O–H groups in total. The molecule has 0 saturated carbocycles. The molecular formula is C13H22N4O. The molecule has 2 unspecified atom stereocenters. The minimum atomic E-state index is -0.0196. The quantitative estimate of drug-likeness (QED) is 0.850. The highest BCUT2D eigenvalue weighted by molar-refractivity contribution is 5.37. The third-order valence-corrected chi connectivity index (χ3v) is 3.40. The fourth-order valence-corrected chi connectivity index (χ4v) is 2.61. The van der Waals surface area contributed by atoms with E-state index in [1.807, 2.05) is 18.7 Å². The summed E-state index contributed by atoms with van der Waals surface area (Å²) in [5.41, 5.74) is 6.00. The van der Waals surface area contributed by atoms with Crippen molar-refractivity contribution in [2.75, 3.05) is 18.0 Å². The van der Waals surface area contributed by atoms with Gasteiger partial charge in [0.2, 0.25) is 0 Å². The average Bonchev–Trinajstić information content (AvgIpc) is 2.27. The molecule has 2 rings (SSSR count). The first-order valence-corrected chi connectivity index (χ1v) is 6.56. The first-order chi connectivity index (χ1) is 8.49. The van der Waals surface area contributed by atoms with Crippen LogP contribution in [0.4, 0.5) is 5.82 Å². The first kappa shape index (κ1) is 13.1. The second kappa shape index (κ2) is 5.10. The Labute approximate surface area is 108 Å². The summed E-state index contributed by atoms with van der Waals surface area (Å²) in [7, 11) is 0. The molecule has 0 aromatic carbocycles. The Bertz CT molecular complexity index is 458. The van der Waals surface area contributed by atoms with Gasteiger partial charge < -0.3 is 15.2 Å². The maximum absolute atomic E-state index is 12.3. The average molecular weight is 250 g/mol. The molecule has 5 nitrogen and oxygen atoms in total. The Morgan fingerprint density at radius 2 is 2.17 bits per heavy atom. The van der Waals surface area contributed by atoms with Gasteiger partial charge in [0, 0.05) is 37.6 Å². The standard InChI is InChI=1S/C13H22N4O/c1-9(2)17-5-4-15-12(13(17)18)16-7-10(3)6-11(14)8-16/h4-5,9-11H,6-8,14H2,1-3H3. The van der Waals surface area contributed by atoms with Crippen LogP contribution in [0.2, 0.25) is 0 Å². The number of hydrogen-bond donors (Lipinski definition) is 1. The molecule has 18 heavy (non-hydrogen) atoms. The van der Waals surface area contributed by atoms with Gasteiger partial charge in [0.15, 0.2) is 5.82 Å². The minimum Gasteiger partial charge on any atom is -0.350 e. The van der Waals surface area contributed by atoms with Crippen LogP contribution < -0.4 is 16.2 Å². The van der Waals surface area contributed by atoms with E-state index in [0.717, 1.165) is 13.0 Å². The summed E-state index contributed by atoms with van der Waals surface area (Å²) in [6, 6.07) is 0.276. The predicted octanol–water partition coefficient (Wildman–Crippen LogP) is 0.998. The monoisotopic (exact) mass is 250 g/mol. The van der Waals surface area contributed by atoms with Crippen LogP contribution >= 0.6 is 0 Å². The zero-order valence-electron chi connectivity index (χ0n) is 11.3. The summed E-state index contributed by atoms with van der Waals surface area (Å²) >= 11 is 0. The lowest BCUT2D eigenvalue weighted by Gasteiger charge is -2.35. The van der Waals surface area contributed by atoms with Gasteiger partial charge in [-0.15, -0.1) is 0 Å². The van der Waals surface area contributed by atoms with Gasteiger partial charge >= 0.3 is 0 Å². The van der Waals surface area contributed by atoms with Crippen molar-refractivity contribution in [1.82, 2.24) is 9.55 Å². The Morgan fingerprint density at radius 1 is 1.44 bits per heavy atom. The van der Waals surface area contributed by atoms with Crippen molar-refractivity contribution in [3.63, 3.8) is 0 Å².